The number of aromatic nitrogens is 1. The first kappa shape index (κ1) is 15.4. The van der Waals surface area contributed by atoms with E-state index < -0.39 is 5.41 Å². The Morgan fingerprint density at radius 3 is 2.61 bits per heavy atom. The Morgan fingerprint density at radius 2 is 1.87 bits per heavy atom. The summed E-state index contributed by atoms with van der Waals surface area (Å²) >= 11 is 0. The number of benzene rings is 2. The summed E-state index contributed by atoms with van der Waals surface area (Å²) in [5, 5.41) is 2.17. The first-order chi connectivity index (χ1) is 11.1. The van der Waals surface area contributed by atoms with E-state index in [4.69, 9.17) is 5.73 Å². The predicted octanol–water partition coefficient (Wildman–Crippen LogP) is 3.26. The molecule has 0 aliphatic heterocycles. The van der Waals surface area contributed by atoms with E-state index in [9.17, 15) is 4.79 Å². The summed E-state index contributed by atoms with van der Waals surface area (Å²) in [4.78, 5) is 17.0. The molecule has 1 aromatic heterocycles. The fourth-order valence-corrected chi connectivity index (χ4v) is 2.82. The van der Waals surface area contributed by atoms with E-state index in [0.29, 0.717) is 13.0 Å². The van der Waals surface area contributed by atoms with E-state index in [2.05, 4.69) is 11.1 Å². The molecule has 3 heteroatoms. The van der Waals surface area contributed by atoms with Crippen molar-refractivity contribution in [2.24, 2.45) is 5.73 Å². The first-order valence-electron chi connectivity index (χ1n) is 7.75. The maximum absolute atomic E-state index is 12.9. The predicted molar refractivity (Wildman–Crippen MR) is 93.3 cm³/mol. The van der Waals surface area contributed by atoms with Crippen molar-refractivity contribution in [3.63, 3.8) is 0 Å². The van der Waals surface area contributed by atoms with Gasteiger partial charge in [-0.15, -0.1) is 0 Å². The number of nitrogens with two attached hydrogens (primary N) is 1. The van der Waals surface area contributed by atoms with Crippen LogP contribution in [0.15, 0.2) is 67.0 Å². The van der Waals surface area contributed by atoms with Crippen LogP contribution in [0.3, 0.4) is 0 Å². The van der Waals surface area contributed by atoms with Crippen molar-refractivity contribution < 1.29 is 4.79 Å². The number of hydrogen-bond donors (Lipinski definition) is 1. The van der Waals surface area contributed by atoms with Gasteiger partial charge in [0.2, 0.25) is 0 Å². The highest BCUT2D eigenvalue weighted by molar-refractivity contribution is 5.92. The number of hydrogen-bond acceptors (Lipinski definition) is 3. The molecule has 0 fully saturated rings. The average Bonchev–Trinajstić information content (AvgIpc) is 2.61. The number of pyridine rings is 1. The van der Waals surface area contributed by atoms with Gasteiger partial charge in [0, 0.05) is 30.7 Å². The minimum absolute atomic E-state index is 0.139. The molecule has 1 heterocycles. The second kappa shape index (κ2) is 6.31. The van der Waals surface area contributed by atoms with Gasteiger partial charge in [-0.1, -0.05) is 48.5 Å². The van der Waals surface area contributed by atoms with E-state index in [1.807, 2.05) is 61.7 Å². The molecule has 23 heavy (non-hydrogen) atoms. The Morgan fingerprint density at radius 1 is 1.09 bits per heavy atom. The normalized spacial score (nSPS) is 13.7. The number of carbonyl (C=O) groups excluding carboxylic acids is 1. The van der Waals surface area contributed by atoms with Crippen LogP contribution in [-0.2, 0) is 16.6 Å². The van der Waals surface area contributed by atoms with Crippen LogP contribution in [0.2, 0.25) is 0 Å². The number of carbonyl (C=O) groups is 1. The fourth-order valence-electron chi connectivity index (χ4n) is 2.82. The van der Waals surface area contributed by atoms with Crippen LogP contribution in [0.4, 0.5) is 0 Å². The second-order valence-corrected chi connectivity index (χ2v) is 6.06. The van der Waals surface area contributed by atoms with Crippen molar-refractivity contribution in [3.8, 4) is 0 Å². The molecule has 2 aromatic carbocycles. The molecule has 1 unspecified atom stereocenters. The molecule has 0 saturated carbocycles. The van der Waals surface area contributed by atoms with Crippen LogP contribution >= 0.6 is 0 Å². The summed E-state index contributed by atoms with van der Waals surface area (Å²) in [7, 11) is 0. The zero-order chi connectivity index (χ0) is 16.3. The van der Waals surface area contributed by atoms with Gasteiger partial charge in [-0.05, 0) is 29.5 Å². The van der Waals surface area contributed by atoms with E-state index in [1.54, 1.807) is 6.20 Å². The minimum atomic E-state index is -0.658. The largest absolute Gasteiger partial charge is 0.329 e. The third-order valence-corrected chi connectivity index (χ3v) is 4.50. The van der Waals surface area contributed by atoms with Gasteiger partial charge in [-0.2, -0.15) is 0 Å². The molecular formula is C20H20N2O. The van der Waals surface area contributed by atoms with E-state index >= 15 is 0 Å². The fraction of sp³-hybridized carbons (Fsp3) is 0.200. The molecule has 116 valence electrons. The number of fused-ring (bicyclic) bond motifs is 1. The Bertz CT molecular complexity index is 829. The number of nitrogens with zero attached hydrogens (tertiary/aromatic N) is 1. The molecule has 0 aliphatic rings. The van der Waals surface area contributed by atoms with Crippen molar-refractivity contribution in [1.82, 2.24) is 4.98 Å². The monoisotopic (exact) mass is 304 g/mol. The number of Topliss-reactive ketones (excluding diaryl/α,β-unsaturated/α-hetero) is 1. The highest BCUT2D eigenvalue weighted by atomic mass is 16.1. The third kappa shape index (κ3) is 3.01. The molecular weight excluding hydrogens is 284 g/mol. The lowest BCUT2D eigenvalue weighted by molar-refractivity contribution is -0.123. The van der Waals surface area contributed by atoms with Crippen LogP contribution < -0.4 is 5.73 Å². The lowest BCUT2D eigenvalue weighted by atomic mass is 9.76. The first-order valence-corrected chi connectivity index (χ1v) is 7.75. The molecule has 0 radical (unpaired) electrons. The highest BCUT2D eigenvalue weighted by Gasteiger charge is 2.33. The summed E-state index contributed by atoms with van der Waals surface area (Å²) < 4.78 is 0. The van der Waals surface area contributed by atoms with Crippen molar-refractivity contribution in [2.45, 2.75) is 18.8 Å². The molecule has 2 N–H and O–H groups in total. The molecule has 0 bridgehead atoms. The van der Waals surface area contributed by atoms with Gasteiger partial charge in [-0.3, -0.25) is 9.78 Å². The zero-order valence-electron chi connectivity index (χ0n) is 13.2. The van der Waals surface area contributed by atoms with Crippen LogP contribution in [0.25, 0.3) is 10.8 Å². The van der Waals surface area contributed by atoms with Crippen LogP contribution in [0, 0.1) is 0 Å². The van der Waals surface area contributed by atoms with Crippen molar-refractivity contribution in [2.75, 3.05) is 6.54 Å². The van der Waals surface area contributed by atoms with Gasteiger partial charge in [0.15, 0.2) is 0 Å². The lowest BCUT2D eigenvalue weighted by Gasteiger charge is -2.27. The van der Waals surface area contributed by atoms with E-state index in [-0.39, 0.29) is 5.78 Å². The van der Waals surface area contributed by atoms with Crippen molar-refractivity contribution in [3.05, 3.63) is 78.1 Å². The Balaban J connectivity index is 1.89. The van der Waals surface area contributed by atoms with E-state index in [0.717, 1.165) is 21.9 Å². The molecule has 0 saturated heterocycles. The molecule has 3 nitrogen and oxygen atoms in total. The number of rotatable bonds is 5. The number of ketones is 1. The zero-order valence-corrected chi connectivity index (χ0v) is 13.2. The topological polar surface area (TPSA) is 56.0 Å². The molecule has 3 rings (SSSR count). The van der Waals surface area contributed by atoms with Gasteiger partial charge in [0.05, 0.1) is 5.41 Å². The molecule has 0 amide bonds. The smallest absolute Gasteiger partial charge is 0.148 e. The maximum atomic E-state index is 12.9. The molecule has 0 aliphatic carbocycles. The summed E-state index contributed by atoms with van der Waals surface area (Å²) in [5.74, 6) is 0.139. The third-order valence-electron chi connectivity index (χ3n) is 4.50. The van der Waals surface area contributed by atoms with Crippen molar-refractivity contribution in [1.29, 1.82) is 0 Å². The quantitative estimate of drug-likeness (QED) is 0.787. The summed E-state index contributed by atoms with van der Waals surface area (Å²) in [6.07, 6.45) is 3.97. The van der Waals surface area contributed by atoms with E-state index in [1.165, 1.54) is 0 Å². The summed E-state index contributed by atoms with van der Waals surface area (Å²) in [6.45, 7) is 2.23. The van der Waals surface area contributed by atoms with Crippen LogP contribution in [0.5, 0.6) is 0 Å². The van der Waals surface area contributed by atoms with Gasteiger partial charge in [0.25, 0.3) is 0 Å². The molecule has 0 spiro atoms. The summed E-state index contributed by atoms with van der Waals surface area (Å²) in [6, 6.07) is 17.8. The standard InChI is InChI=1S/C20H20N2O/c1-20(14-21,18-5-3-2-4-6-18)19(23)12-15-7-8-17-13-22-10-9-16(17)11-15/h2-11,13H,12,14,21H2,1H3. The maximum Gasteiger partial charge on any atom is 0.148 e. The Labute approximate surface area is 136 Å². The Hall–Kier alpha value is -2.52. The van der Waals surface area contributed by atoms with Gasteiger partial charge >= 0.3 is 0 Å². The van der Waals surface area contributed by atoms with Gasteiger partial charge in [-0.25, -0.2) is 0 Å². The van der Waals surface area contributed by atoms with Gasteiger partial charge in [0.1, 0.15) is 5.78 Å². The highest BCUT2D eigenvalue weighted by Crippen LogP contribution is 2.26. The van der Waals surface area contributed by atoms with Crippen molar-refractivity contribution >= 4 is 16.6 Å². The summed E-state index contributed by atoms with van der Waals surface area (Å²) in [5.41, 5.74) is 7.27. The minimum Gasteiger partial charge on any atom is -0.329 e. The molecule has 3 aromatic rings. The second-order valence-electron chi connectivity index (χ2n) is 6.06. The van der Waals surface area contributed by atoms with Crippen LogP contribution in [-0.4, -0.2) is 17.3 Å². The SMILES string of the molecule is CC(CN)(C(=O)Cc1ccc2cnccc2c1)c1ccccc1. The van der Waals surface area contributed by atoms with Crippen LogP contribution in [0.1, 0.15) is 18.1 Å². The Kier molecular flexibility index (Phi) is 4.22. The molecule has 1 atom stereocenters. The van der Waals surface area contributed by atoms with Gasteiger partial charge < -0.3 is 5.73 Å². The average molecular weight is 304 g/mol. The lowest BCUT2D eigenvalue weighted by Crippen LogP contribution is -2.41.